The van der Waals surface area contributed by atoms with Crippen LogP contribution in [0.5, 0.6) is 0 Å². The number of hydrogen-bond acceptors (Lipinski definition) is 3. The van der Waals surface area contributed by atoms with Crippen molar-refractivity contribution in [3.05, 3.63) is 35.1 Å². The van der Waals surface area contributed by atoms with Crippen LogP contribution in [0, 0.1) is 5.82 Å². The second-order valence-corrected chi connectivity index (χ2v) is 4.11. The summed E-state index contributed by atoms with van der Waals surface area (Å²) in [5.41, 5.74) is 6.15. The Labute approximate surface area is 99.2 Å². The summed E-state index contributed by atoms with van der Waals surface area (Å²) in [4.78, 5) is 12.8. The molecule has 0 aromatic heterocycles. The quantitative estimate of drug-likeness (QED) is 0.867. The van der Waals surface area contributed by atoms with E-state index >= 15 is 0 Å². The molecule has 0 bridgehead atoms. The molecule has 1 saturated heterocycles. The van der Waals surface area contributed by atoms with Crippen molar-refractivity contribution in [1.82, 2.24) is 4.90 Å². The molecule has 2 rings (SSSR count). The van der Waals surface area contributed by atoms with E-state index in [4.69, 9.17) is 5.73 Å². The van der Waals surface area contributed by atoms with Crippen molar-refractivity contribution in [2.24, 2.45) is 5.73 Å². The van der Waals surface area contributed by atoms with Crippen LogP contribution in [0.3, 0.4) is 0 Å². The first kappa shape index (κ1) is 11.9. The summed E-state index contributed by atoms with van der Waals surface area (Å²) in [6.07, 6.45) is 0.297. The first-order valence-electron chi connectivity index (χ1n) is 5.57. The van der Waals surface area contributed by atoms with E-state index in [1.54, 1.807) is 6.07 Å². The van der Waals surface area contributed by atoms with Crippen molar-refractivity contribution in [2.45, 2.75) is 19.6 Å². The van der Waals surface area contributed by atoms with Crippen molar-refractivity contribution in [1.29, 1.82) is 0 Å². The van der Waals surface area contributed by atoms with E-state index in [1.165, 1.54) is 12.5 Å². The van der Waals surface area contributed by atoms with Crippen LogP contribution in [-0.4, -0.2) is 24.1 Å². The Morgan fingerprint density at radius 3 is 2.82 bits per heavy atom. The van der Waals surface area contributed by atoms with Gasteiger partial charge >= 0.3 is 6.09 Å². The molecule has 1 aliphatic rings. The third-order valence-electron chi connectivity index (χ3n) is 2.92. The average molecular weight is 238 g/mol. The van der Waals surface area contributed by atoms with Gasteiger partial charge < -0.3 is 10.5 Å². The number of benzene rings is 1. The molecule has 1 aliphatic heterocycles. The van der Waals surface area contributed by atoms with Crippen LogP contribution in [0.4, 0.5) is 9.18 Å². The van der Waals surface area contributed by atoms with Gasteiger partial charge in [0.2, 0.25) is 0 Å². The summed E-state index contributed by atoms with van der Waals surface area (Å²) in [7, 11) is 0. The Hall–Kier alpha value is -1.62. The van der Waals surface area contributed by atoms with E-state index < -0.39 is 6.09 Å². The molecule has 0 atom stereocenters. The smallest absolute Gasteiger partial charge is 0.404 e. The maximum absolute atomic E-state index is 13.6. The molecule has 0 aliphatic carbocycles. The molecular weight excluding hydrogens is 223 g/mol. The number of likely N-dealkylation sites (tertiary alicyclic amines) is 1. The molecule has 5 heteroatoms. The fourth-order valence-electron chi connectivity index (χ4n) is 1.84. The second-order valence-electron chi connectivity index (χ2n) is 4.11. The third kappa shape index (κ3) is 2.94. The summed E-state index contributed by atoms with van der Waals surface area (Å²) < 4.78 is 18.3. The number of hydrogen-bond donors (Lipinski definition) is 1. The number of nitrogens with two attached hydrogens (primary N) is 1. The topological polar surface area (TPSA) is 55.6 Å². The molecule has 1 fully saturated rings. The molecule has 92 valence electrons. The predicted octanol–water partition coefficient (Wildman–Crippen LogP) is 1.63. The second kappa shape index (κ2) is 5.14. The first-order chi connectivity index (χ1) is 8.16. The van der Waals surface area contributed by atoms with E-state index in [0.717, 1.165) is 18.7 Å². The molecule has 17 heavy (non-hydrogen) atoms. The summed E-state index contributed by atoms with van der Waals surface area (Å²) in [6, 6.07) is 4.87. The highest BCUT2D eigenvalue weighted by molar-refractivity contribution is 5.64. The number of carbonyl (C=O) groups excluding carboxylic acids is 1. The number of carbonyl (C=O) groups is 1. The zero-order valence-electron chi connectivity index (χ0n) is 9.49. The van der Waals surface area contributed by atoms with Gasteiger partial charge in [0, 0.05) is 12.1 Å². The van der Waals surface area contributed by atoms with Crippen LogP contribution in [-0.2, 0) is 17.9 Å². The standard InChI is InChI=1S/C12H15FN2O2/c13-11-4-1-3-9(7-15-5-2-6-15)10(11)8-17-12(14)16/h1,3-4H,2,5-8H2,(H2,14,16). The highest BCUT2D eigenvalue weighted by atomic mass is 19.1. The molecule has 2 N–H and O–H groups in total. The van der Waals surface area contributed by atoms with E-state index in [2.05, 4.69) is 9.64 Å². The van der Waals surface area contributed by atoms with Crippen LogP contribution in [0.15, 0.2) is 18.2 Å². The number of nitrogens with zero attached hydrogens (tertiary/aromatic N) is 1. The highest BCUT2D eigenvalue weighted by Crippen LogP contribution is 2.19. The minimum absolute atomic E-state index is 0.106. The van der Waals surface area contributed by atoms with Gasteiger partial charge in [0.15, 0.2) is 0 Å². The number of amides is 1. The molecule has 0 saturated carbocycles. The molecule has 1 amide bonds. The van der Waals surface area contributed by atoms with Crippen molar-refractivity contribution in [3.8, 4) is 0 Å². The predicted molar refractivity (Wildman–Crippen MR) is 60.7 cm³/mol. The molecule has 1 heterocycles. The maximum Gasteiger partial charge on any atom is 0.404 e. The lowest BCUT2D eigenvalue weighted by Crippen LogP contribution is -2.36. The van der Waals surface area contributed by atoms with Gasteiger partial charge in [-0.3, -0.25) is 4.90 Å². The molecule has 4 nitrogen and oxygen atoms in total. The third-order valence-corrected chi connectivity index (χ3v) is 2.92. The van der Waals surface area contributed by atoms with Crippen molar-refractivity contribution < 1.29 is 13.9 Å². The number of ether oxygens (including phenoxy) is 1. The molecular formula is C12H15FN2O2. The van der Waals surface area contributed by atoms with Crippen LogP contribution < -0.4 is 5.73 Å². The zero-order valence-corrected chi connectivity index (χ0v) is 9.49. The maximum atomic E-state index is 13.6. The fourth-order valence-corrected chi connectivity index (χ4v) is 1.84. The summed E-state index contributed by atoms with van der Waals surface area (Å²) in [5, 5.41) is 0. The van der Waals surface area contributed by atoms with Crippen LogP contribution in [0.2, 0.25) is 0 Å². The average Bonchev–Trinajstić information content (AvgIpc) is 2.22. The summed E-state index contributed by atoms with van der Waals surface area (Å²) in [6.45, 7) is 2.65. The van der Waals surface area contributed by atoms with E-state index in [1.807, 2.05) is 6.07 Å². The van der Waals surface area contributed by atoms with Gasteiger partial charge in [-0.05, 0) is 31.1 Å². The van der Waals surface area contributed by atoms with E-state index in [0.29, 0.717) is 12.1 Å². The summed E-state index contributed by atoms with van der Waals surface area (Å²) >= 11 is 0. The molecule has 0 unspecified atom stereocenters. The van der Waals surface area contributed by atoms with Crippen molar-refractivity contribution in [2.75, 3.05) is 13.1 Å². The number of halogens is 1. The Bertz CT molecular complexity index is 419. The van der Waals surface area contributed by atoms with Crippen molar-refractivity contribution >= 4 is 6.09 Å². The lowest BCUT2D eigenvalue weighted by Gasteiger charge is -2.31. The fraction of sp³-hybridized carbons (Fsp3) is 0.417. The minimum Gasteiger partial charge on any atom is -0.445 e. The number of rotatable bonds is 4. The monoisotopic (exact) mass is 238 g/mol. The number of primary amides is 1. The largest absolute Gasteiger partial charge is 0.445 e. The van der Waals surface area contributed by atoms with Gasteiger partial charge in [0.1, 0.15) is 12.4 Å². The Kier molecular flexibility index (Phi) is 3.58. The molecule has 0 spiro atoms. The minimum atomic E-state index is -0.886. The lowest BCUT2D eigenvalue weighted by molar-refractivity contribution is 0.145. The lowest BCUT2D eigenvalue weighted by atomic mass is 10.1. The summed E-state index contributed by atoms with van der Waals surface area (Å²) in [5.74, 6) is -0.357. The van der Waals surface area contributed by atoms with Gasteiger partial charge in [0.05, 0.1) is 0 Å². The molecule has 0 radical (unpaired) electrons. The normalized spacial score (nSPS) is 15.4. The Morgan fingerprint density at radius 1 is 1.47 bits per heavy atom. The van der Waals surface area contributed by atoms with Gasteiger partial charge in [-0.2, -0.15) is 0 Å². The van der Waals surface area contributed by atoms with Crippen molar-refractivity contribution in [3.63, 3.8) is 0 Å². The zero-order chi connectivity index (χ0) is 12.3. The molecule has 1 aromatic carbocycles. The van der Waals surface area contributed by atoms with Crippen LogP contribution in [0.25, 0.3) is 0 Å². The van der Waals surface area contributed by atoms with Crippen LogP contribution in [0.1, 0.15) is 17.5 Å². The van der Waals surface area contributed by atoms with E-state index in [9.17, 15) is 9.18 Å². The highest BCUT2D eigenvalue weighted by Gasteiger charge is 2.17. The van der Waals surface area contributed by atoms with Crippen LogP contribution >= 0.6 is 0 Å². The molecule has 1 aromatic rings. The van der Waals surface area contributed by atoms with Gasteiger partial charge in [0.25, 0.3) is 0 Å². The SMILES string of the molecule is NC(=O)OCc1c(F)cccc1CN1CCC1. The Balaban J connectivity index is 2.11. The van der Waals surface area contributed by atoms with Gasteiger partial charge in [-0.1, -0.05) is 12.1 Å². The van der Waals surface area contributed by atoms with Gasteiger partial charge in [-0.15, -0.1) is 0 Å². The van der Waals surface area contributed by atoms with E-state index in [-0.39, 0.29) is 12.4 Å². The Morgan fingerprint density at radius 2 is 2.24 bits per heavy atom. The first-order valence-corrected chi connectivity index (χ1v) is 5.57. The van der Waals surface area contributed by atoms with Gasteiger partial charge in [-0.25, -0.2) is 9.18 Å².